The molecule has 0 aliphatic carbocycles. The number of unbranched alkanes of at least 4 members (excludes halogenated alkanes) is 5. The van der Waals surface area contributed by atoms with Gasteiger partial charge in [0.2, 0.25) is 0 Å². The van der Waals surface area contributed by atoms with E-state index < -0.39 is 5.97 Å². The lowest BCUT2D eigenvalue weighted by atomic mass is 10.1. The molecule has 0 spiro atoms. The Morgan fingerprint density at radius 3 is 2.35 bits per heavy atom. The summed E-state index contributed by atoms with van der Waals surface area (Å²) in [6.45, 7) is 6.31. The lowest BCUT2D eigenvalue weighted by Crippen LogP contribution is -2.38. The summed E-state index contributed by atoms with van der Waals surface area (Å²) in [4.78, 5) is 11.0. The molecule has 1 heterocycles. The number of aromatic nitrogens is 2. The van der Waals surface area contributed by atoms with Gasteiger partial charge in [-0.1, -0.05) is 58.1 Å². The van der Waals surface area contributed by atoms with Gasteiger partial charge in [0.05, 0.1) is 12.1 Å². The van der Waals surface area contributed by atoms with Crippen LogP contribution in [-0.4, -0.2) is 15.6 Å². The Hall–Kier alpha value is -2.10. The van der Waals surface area contributed by atoms with E-state index in [1.54, 1.807) is 12.1 Å². The molecule has 0 radical (unpaired) electrons. The first kappa shape index (κ1) is 20.2. The van der Waals surface area contributed by atoms with Gasteiger partial charge < -0.3 is 5.11 Å². The van der Waals surface area contributed by atoms with E-state index in [2.05, 4.69) is 35.4 Å². The zero-order valence-corrected chi connectivity index (χ0v) is 16.3. The molecule has 0 aliphatic rings. The molecule has 1 N–H and O–H groups in total. The van der Waals surface area contributed by atoms with Crippen molar-refractivity contribution in [2.24, 2.45) is 0 Å². The second kappa shape index (κ2) is 10.8. The van der Waals surface area contributed by atoms with Crippen LogP contribution in [0, 0.1) is 0 Å². The van der Waals surface area contributed by atoms with Crippen molar-refractivity contribution in [3.05, 3.63) is 53.6 Å². The third-order valence-corrected chi connectivity index (χ3v) is 4.86. The van der Waals surface area contributed by atoms with E-state index in [-0.39, 0.29) is 0 Å². The van der Waals surface area contributed by atoms with Crippen LogP contribution < -0.4 is 4.57 Å². The van der Waals surface area contributed by atoms with Crippen LogP contribution in [0.3, 0.4) is 0 Å². The summed E-state index contributed by atoms with van der Waals surface area (Å²) < 4.78 is 4.69. The number of imidazole rings is 1. The molecular formula is C22H33N2O2+. The fourth-order valence-corrected chi connectivity index (χ4v) is 3.39. The average Bonchev–Trinajstić information content (AvgIpc) is 3.00. The van der Waals surface area contributed by atoms with E-state index >= 15 is 0 Å². The number of carboxylic acid groups (broad SMARTS) is 1. The lowest BCUT2D eigenvalue weighted by Gasteiger charge is -2.06. The van der Waals surface area contributed by atoms with E-state index in [1.807, 2.05) is 12.1 Å². The van der Waals surface area contributed by atoms with Crippen LogP contribution in [0.1, 0.15) is 80.5 Å². The van der Waals surface area contributed by atoms with Crippen LogP contribution in [0.5, 0.6) is 0 Å². The molecule has 142 valence electrons. The average molecular weight is 358 g/mol. The predicted molar refractivity (Wildman–Crippen MR) is 105 cm³/mol. The quantitative estimate of drug-likeness (QED) is 0.436. The number of hydrogen-bond acceptors (Lipinski definition) is 1. The molecule has 0 amide bonds. The molecule has 0 saturated heterocycles. The molecule has 1 aromatic carbocycles. The first-order chi connectivity index (χ1) is 12.7. The highest BCUT2D eigenvalue weighted by molar-refractivity contribution is 5.87. The summed E-state index contributed by atoms with van der Waals surface area (Å²) in [7, 11) is 0. The van der Waals surface area contributed by atoms with Gasteiger partial charge in [-0.25, -0.2) is 13.9 Å². The molecule has 0 saturated carbocycles. The van der Waals surface area contributed by atoms with Crippen LogP contribution >= 0.6 is 0 Å². The maximum atomic E-state index is 11.0. The third-order valence-electron chi connectivity index (χ3n) is 4.86. The summed E-state index contributed by atoms with van der Waals surface area (Å²) in [6, 6.07) is 7.22. The van der Waals surface area contributed by atoms with Crippen LogP contribution in [0.25, 0.3) is 0 Å². The van der Waals surface area contributed by atoms with E-state index in [0.29, 0.717) is 5.56 Å². The van der Waals surface area contributed by atoms with Crippen molar-refractivity contribution in [3.8, 4) is 0 Å². The Bertz CT molecular complexity index is 674. The molecule has 26 heavy (non-hydrogen) atoms. The highest BCUT2D eigenvalue weighted by Crippen LogP contribution is 2.10. The van der Waals surface area contributed by atoms with Gasteiger partial charge in [-0.05, 0) is 30.5 Å². The van der Waals surface area contributed by atoms with Gasteiger partial charge in [0.25, 0.3) is 5.82 Å². The molecule has 2 rings (SSSR count). The van der Waals surface area contributed by atoms with Crippen molar-refractivity contribution >= 4 is 5.97 Å². The van der Waals surface area contributed by atoms with E-state index in [4.69, 9.17) is 5.11 Å². The van der Waals surface area contributed by atoms with E-state index in [0.717, 1.165) is 31.5 Å². The molecule has 4 nitrogen and oxygen atoms in total. The summed E-state index contributed by atoms with van der Waals surface area (Å²) in [6.07, 6.45) is 14.4. The molecule has 4 heteroatoms. The molecular weight excluding hydrogens is 324 g/mol. The maximum absolute atomic E-state index is 11.0. The number of aromatic carboxylic acids is 1. The number of hydrogen-bond donors (Lipinski definition) is 1. The number of rotatable bonds is 12. The summed E-state index contributed by atoms with van der Waals surface area (Å²) in [5, 5.41) is 9.04. The second-order valence-electron chi connectivity index (χ2n) is 7.06. The summed E-state index contributed by atoms with van der Waals surface area (Å²) in [5.74, 6) is 0.506. The molecule has 1 aromatic heterocycles. The Balaban J connectivity index is 2.01. The zero-order valence-electron chi connectivity index (χ0n) is 16.3. The van der Waals surface area contributed by atoms with Crippen molar-refractivity contribution in [2.75, 3.05) is 0 Å². The second-order valence-corrected chi connectivity index (χ2v) is 7.06. The highest BCUT2D eigenvalue weighted by atomic mass is 16.4. The van der Waals surface area contributed by atoms with E-state index in [9.17, 15) is 4.79 Å². The third kappa shape index (κ3) is 6.01. The molecule has 0 atom stereocenters. The van der Waals surface area contributed by atoms with Crippen LogP contribution in [-0.2, 0) is 19.5 Å². The van der Waals surface area contributed by atoms with Gasteiger partial charge in [0, 0.05) is 6.42 Å². The predicted octanol–water partition coefficient (Wildman–Crippen LogP) is 4.84. The highest BCUT2D eigenvalue weighted by Gasteiger charge is 2.16. The van der Waals surface area contributed by atoms with Crippen LogP contribution in [0.4, 0.5) is 0 Å². The van der Waals surface area contributed by atoms with E-state index in [1.165, 1.54) is 44.3 Å². The maximum Gasteiger partial charge on any atom is 0.335 e. The van der Waals surface area contributed by atoms with Gasteiger partial charge in [-0.2, -0.15) is 0 Å². The first-order valence-electron chi connectivity index (χ1n) is 10.0. The Morgan fingerprint density at radius 1 is 1.00 bits per heavy atom. The molecule has 0 unspecified atom stereocenters. The summed E-state index contributed by atoms with van der Waals surface area (Å²) >= 11 is 0. The minimum atomic E-state index is -0.873. The molecule has 2 aromatic rings. The van der Waals surface area contributed by atoms with Crippen molar-refractivity contribution in [1.29, 1.82) is 0 Å². The zero-order chi connectivity index (χ0) is 18.8. The SMILES string of the molecule is CCCCCCCCc1n(CCC)cc[n+]1Cc1ccc(C(=O)O)cc1. The number of benzene rings is 1. The fraction of sp³-hybridized carbons (Fsp3) is 0.545. The van der Waals surface area contributed by atoms with Gasteiger partial charge >= 0.3 is 5.97 Å². The van der Waals surface area contributed by atoms with Crippen molar-refractivity contribution in [2.45, 2.75) is 78.3 Å². The van der Waals surface area contributed by atoms with Gasteiger partial charge in [0.1, 0.15) is 18.9 Å². The number of carbonyl (C=O) groups is 1. The normalized spacial score (nSPS) is 11.0. The minimum Gasteiger partial charge on any atom is -0.478 e. The number of carboxylic acids is 1. The van der Waals surface area contributed by atoms with Crippen LogP contribution in [0.2, 0.25) is 0 Å². The number of aryl methyl sites for hydroxylation is 1. The standard InChI is InChI=1S/C22H32N2O2/c1-3-5-6-7-8-9-10-21-23(15-4-2)16-17-24(21)18-19-11-13-20(14-12-19)22(25)26/h11-14,16-17H,3-10,15,18H2,1-2H3/p+1. The smallest absolute Gasteiger partial charge is 0.335 e. The molecule has 0 fully saturated rings. The van der Waals surface area contributed by atoms with Crippen molar-refractivity contribution in [1.82, 2.24) is 4.57 Å². The van der Waals surface area contributed by atoms with Crippen LogP contribution in [0.15, 0.2) is 36.7 Å². The van der Waals surface area contributed by atoms with Gasteiger partial charge in [-0.3, -0.25) is 0 Å². The molecule has 0 aliphatic heterocycles. The Kier molecular flexibility index (Phi) is 8.39. The first-order valence-corrected chi connectivity index (χ1v) is 10.0. The fourth-order valence-electron chi connectivity index (χ4n) is 3.39. The topological polar surface area (TPSA) is 46.1 Å². The monoisotopic (exact) mass is 357 g/mol. The Labute approximate surface area is 157 Å². The molecule has 0 bridgehead atoms. The van der Waals surface area contributed by atoms with Crippen molar-refractivity contribution < 1.29 is 14.5 Å². The Morgan fingerprint density at radius 2 is 1.69 bits per heavy atom. The summed E-state index contributed by atoms with van der Waals surface area (Å²) in [5.41, 5.74) is 1.48. The largest absolute Gasteiger partial charge is 0.478 e. The number of nitrogens with zero attached hydrogens (tertiary/aromatic N) is 2. The van der Waals surface area contributed by atoms with Gasteiger partial charge in [0.15, 0.2) is 0 Å². The minimum absolute atomic E-state index is 0.342. The lowest BCUT2D eigenvalue weighted by molar-refractivity contribution is -0.695. The van der Waals surface area contributed by atoms with Crippen molar-refractivity contribution in [3.63, 3.8) is 0 Å². The van der Waals surface area contributed by atoms with Gasteiger partial charge in [-0.15, -0.1) is 0 Å².